The van der Waals surface area contributed by atoms with E-state index in [1.54, 1.807) is 13.0 Å². The van der Waals surface area contributed by atoms with Crippen LogP contribution in [0, 0.1) is 12.8 Å². The number of carbonyl (C=O) groups is 2. The highest BCUT2D eigenvalue weighted by Crippen LogP contribution is 2.25. The Hall–Kier alpha value is -1.72. The monoisotopic (exact) mass is 330 g/mol. The first-order valence-corrected chi connectivity index (χ1v) is 8.70. The Bertz CT molecular complexity index is 637. The lowest BCUT2D eigenvalue weighted by atomic mass is 10.0. The van der Waals surface area contributed by atoms with Gasteiger partial charge in [-0.1, -0.05) is 13.0 Å². The molecule has 130 valence electrons. The van der Waals surface area contributed by atoms with Crippen LogP contribution in [0.1, 0.15) is 40.1 Å². The van der Waals surface area contributed by atoms with E-state index >= 15 is 0 Å². The van der Waals surface area contributed by atoms with Crippen molar-refractivity contribution >= 4 is 11.7 Å². The number of amides is 1. The number of ether oxygens (including phenoxy) is 1. The summed E-state index contributed by atoms with van der Waals surface area (Å²) in [7, 11) is 0. The predicted octanol–water partition coefficient (Wildman–Crippen LogP) is 1.99. The molecular formula is C19H26N2O3. The topological polar surface area (TPSA) is 49.9 Å². The highest BCUT2D eigenvalue weighted by Gasteiger charge is 2.36. The van der Waals surface area contributed by atoms with E-state index in [2.05, 4.69) is 11.8 Å². The maximum atomic E-state index is 12.9. The average molecular weight is 330 g/mol. The minimum Gasteiger partial charge on any atom is -0.379 e. The fourth-order valence-corrected chi connectivity index (χ4v) is 3.82. The molecule has 0 N–H and O–H groups in total. The van der Waals surface area contributed by atoms with Gasteiger partial charge in [0.25, 0.3) is 5.91 Å². The third-order valence-corrected chi connectivity index (χ3v) is 5.24. The molecule has 1 amide bonds. The minimum absolute atomic E-state index is 0.00290. The second-order valence-corrected chi connectivity index (χ2v) is 6.99. The SMILES string of the molecule is CC(=O)c1cc(C(=O)N2CC(C)C(N3CCOCC3)C2)ccc1C. The quantitative estimate of drug-likeness (QED) is 0.796. The van der Waals surface area contributed by atoms with Crippen LogP contribution in [-0.2, 0) is 4.74 Å². The first kappa shape index (κ1) is 17.1. The molecule has 1 aromatic carbocycles. The first-order chi connectivity index (χ1) is 11.5. The largest absolute Gasteiger partial charge is 0.379 e. The van der Waals surface area contributed by atoms with Crippen LogP contribution in [0.4, 0.5) is 0 Å². The summed E-state index contributed by atoms with van der Waals surface area (Å²) < 4.78 is 5.43. The Morgan fingerprint density at radius 3 is 2.54 bits per heavy atom. The molecule has 2 saturated heterocycles. The molecule has 0 aromatic heterocycles. The molecule has 2 heterocycles. The van der Waals surface area contributed by atoms with Gasteiger partial charge in [-0.3, -0.25) is 14.5 Å². The molecule has 3 rings (SSSR count). The van der Waals surface area contributed by atoms with Gasteiger partial charge in [0.1, 0.15) is 0 Å². The molecule has 5 nitrogen and oxygen atoms in total. The van der Waals surface area contributed by atoms with Gasteiger partial charge in [-0.05, 0) is 37.5 Å². The van der Waals surface area contributed by atoms with Gasteiger partial charge in [-0.15, -0.1) is 0 Å². The van der Waals surface area contributed by atoms with Crippen molar-refractivity contribution in [2.45, 2.75) is 26.8 Å². The third kappa shape index (κ3) is 3.37. The van der Waals surface area contributed by atoms with Crippen molar-refractivity contribution < 1.29 is 14.3 Å². The number of aryl methyl sites for hydroxylation is 1. The molecule has 2 aliphatic heterocycles. The standard InChI is InChI=1S/C19H26N2O3/c1-13-4-5-16(10-17(13)15(3)22)19(23)21-11-14(2)18(12-21)20-6-8-24-9-7-20/h4-5,10,14,18H,6-9,11-12H2,1-3H3. The highest BCUT2D eigenvalue weighted by molar-refractivity contribution is 6.00. The van der Waals surface area contributed by atoms with E-state index in [4.69, 9.17) is 4.74 Å². The summed E-state index contributed by atoms with van der Waals surface area (Å²) in [4.78, 5) is 29.0. The van der Waals surface area contributed by atoms with Crippen molar-refractivity contribution in [1.29, 1.82) is 0 Å². The van der Waals surface area contributed by atoms with Crippen LogP contribution in [0.2, 0.25) is 0 Å². The third-order valence-electron chi connectivity index (χ3n) is 5.24. The van der Waals surface area contributed by atoms with Gasteiger partial charge >= 0.3 is 0 Å². The molecular weight excluding hydrogens is 304 g/mol. The maximum absolute atomic E-state index is 12.9. The van der Waals surface area contributed by atoms with Gasteiger partial charge in [-0.2, -0.15) is 0 Å². The average Bonchev–Trinajstić information content (AvgIpc) is 2.97. The fourth-order valence-electron chi connectivity index (χ4n) is 3.82. The van der Waals surface area contributed by atoms with Gasteiger partial charge in [0, 0.05) is 43.3 Å². The van der Waals surface area contributed by atoms with Gasteiger partial charge in [0.15, 0.2) is 5.78 Å². The van der Waals surface area contributed by atoms with E-state index in [-0.39, 0.29) is 11.7 Å². The van der Waals surface area contributed by atoms with Crippen LogP contribution < -0.4 is 0 Å². The van der Waals surface area contributed by atoms with Crippen molar-refractivity contribution in [2.24, 2.45) is 5.92 Å². The van der Waals surface area contributed by atoms with Crippen molar-refractivity contribution in [3.05, 3.63) is 34.9 Å². The molecule has 2 atom stereocenters. The summed E-state index contributed by atoms with van der Waals surface area (Å²) in [5.74, 6) is 0.480. The summed E-state index contributed by atoms with van der Waals surface area (Å²) >= 11 is 0. The summed E-state index contributed by atoms with van der Waals surface area (Å²) in [5, 5.41) is 0. The van der Waals surface area contributed by atoms with E-state index in [1.165, 1.54) is 0 Å². The summed E-state index contributed by atoms with van der Waals surface area (Å²) in [5.41, 5.74) is 2.17. The first-order valence-electron chi connectivity index (χ1n) is 8.70. The number of nitrogens with zero attached hydrogens (tertiary/aromatic N) is 2. The number of rotatable bonds is 3. The van der Waals surface area contributed by atoms with Crippen molar-refractivity contribution in [3.8, 4) is 0 Å². The molecule has 2 aliphatic rings. The zero-order chi connectivity index (χ0) is 17.3. The van der Waals surface area contributed by atoms with E-state index in [9.17, 15) is 9.59 Å². The zero-order valence-electron chi connectivity index (χ0n) is 14.7. The number of morpholine rings is 1. The van der Waals surface area contributed by atoms with Crippen molar-refractivity contribution in [1.82, 2.24) is 9.80 Å². The van der Waals surface area contributed by atoms with E-state index in [0.29, 0.717) is 23.1 Å². The summed E-state index contributed by atoms with van der Waals surface area (Å²) in [6, 6.07) is 5.84. The van der Waals surface area contributed by atoms with Crippen LogP contribution in [-0.4, -0.2) is 66.9 Å². The number of hydrogen-bond acceptors (Lipinski definition) is 4. The molecule has 0 radical (unpaired) electrons. The summed E-state index contributed by atoms with van der Waals surface area (Å²) in [6.07, 6.45) is 0. The molecule has 0 spiro atoms. The Balaban J connectivity index is 1.74. The number of ketones is 1. The Kier molecular flexibility index (Phi) is 5.01. The maximum Gasteiger partial charge on any atom is 0.253 e. The van der Waals surface area contributed by atoms with Gasteiger partial charge in [0.2, 0.25) is 0 Å². The second-order valence-electron chi connectivity index (χ2n) is 6.99. The molecule has 24 heavy (non-hydrogen) atoms. The van der Waals surface area contributed by atoms with Crippen molar-refractivity contribution in [2.75, 3.05) is 39.4 Å². The molecule has 2 fully saturated rings. The lowest BCUT2D eigenvalue weighted by Crippen LogP contribution is -2.47. The van der Waals surface area contributed by atoms with E-state index in [0.717, 1.165) is 45.0 Å². The Morgan fingerprint density at radius 1 is 1.17 bits per heavy atom. The van der Waals surface area contributed by atoms with Gasteiger partial charge in [0.05, 0.1) is 13.2 Å². The van der Waals surface area contributed by atoms with Crippen LogP contribution in [0.3, 0.4) is 0 Å². The van der Waals surface area contributed by atoms with Crippen LogP contribution in [0.15, 0.2) is 18.2 Å². The Labute approximate surface area is 143 Å². The number of likely N-dealkylation sites (tertiary alicyclic amines) is 1. The molecule has 0 aliphatic carbocycles. The molecule has 1 aromatic rings. The predicted molar refractivity (Wildman–Crippen MR) is 92.4 cm³/mol. The normalized spacial score (nSPS) is 25.0. The summed E-state index contributed by atoms with van der Waals surface area (Å²) in [6.45, 7) is 10.6. The number of benzene rings is 1. The van der Waals surface area contributed by atoms with Crippen molar-refractivity contribution in [3.63, 3.8) is 0 Å². The lowest BCUT2D eigenvalue weighted by molar-refractivity contribution is 0.0119. The minimum atomic E-state index is 0.00290. The molecule has 5 heteroatoms. The molecule has 2 unspecified atom stereocenters. The van der Waals surface area contributed by atoms with Crippen LogP contribution in [0.25, 0.3) is 0 Å². The number of Topliss-reactive ketones (excluding diaryl/α,β-unsaturated/α-hetero) is 1. The number of carbonyl (C=O) groups excluding carboxylic acids is 2. The molecule has 0 saturated carbocycles. The number of hydrogen-bond donors (Lipinski definition) is 0. The highest BCUT2D eigenvalue weighted by atomic mass is 16.5. The van der Waals surface area contributed by atoms with Gasteiger partial charge in [-0.25, -0.2) is 0 Å². The van der Waals surface area contributed by atoms with Gasteiger partial charge < -0.3 is 9.64 Å². The second kappa shape index (κ2) is 7.03. The fraction of sp³-hybridized carbons (Fsp3) is 0.579. The lowest BCUT2D eigenvalue weighted by Gasteiger charge is -2.34. The van der Waals surface area contributed by atoms with Crippen LogP contribution in [0.5, 0.6) is 0 Å². The van der Waals surface area contributed by atoms with Crippen LogP contribution >= 0.6 is 0 Å². The zero-order valence-corrected chi connectivity index (χ0v) is 14.7. The smallest absolute Gasteiger partial charge is 0.253 e. The Morgan fingerprint density at radius 2 is 1.88 bits per heavy atom. The van der Waals surface area contributed by atoms with E-state index < -0.39 is 0 Å². The molecule has 0 bridgehead atoms. The van der Waals surface area contributed by atoms with E-state index in [1.807, 2.05) is 24.0 Å².